The van der Waals surface area contributed by atoms with E-state index in [9.17, 15) is 13.2 Å². The number of hydrazone groups is 1. The summed E-state index contributed by atoms with van der Waals surface area (Å²) in [5.41, 5.74) is -0.581. The van der Waals surface area contributed by atoms with Crippen LogP contribution in [0.15, 0.2) is 29.4 Å². The van der Waals surface area contributed by atoms with Crippen LogP contribution in [-0.4, -0.2) is 6.34 Å². The molecule has 0 bridgehead atoms. The molecule has 0 unspecified atom stereocenters. The topological polar surface area (TPSA) is 15.4 Å². The lowest BCUT2D eigenvalue weighted by atomic mass is 10.2. The second kappa shape index (κ2) is 2.48. The Balaban J connectivity index is 2.43. The molecule has 13 heavy (non-hydrogen) atoms. The lowest BCUT2D eigenvalue weighted by molar-refractivity contribution is -0.137. The molecule has 0 spiro atoms. The number of nitrogens with zero attached hydrogens (tertiary/aromatic N) is 2. The molecule has 0 radical (unpaired) electrons. The van der Waals surface area contributed by atoms with Crippen LogP contribution in [0.1, 0.15) is 5.56 Å². The van der Waals surface area contributed by atoms with Gasteiger partial charge in [0.1, 0.15) is 6.34 Å². The van der Waals surface area contributed by atoms with Crippen molar-refractivity contribution in [1.82, 2.24) is 0 Å². The van der Waals surface area contributed by atoms with Gasteiger partial charge in [0, 0.05) is 0 Å². The minimum absolute atomic E-state index is 0.0787. The average Bonchev–Trinajstić information content (AvgIpc) is 2.85. The molecule has 2 nitrogen and oxygen atoms in total. The van der Waals surface area contributed by atoms with Crippen LogP contribution in [0.4, 0.5) is 18.9 Å². The Morgan fingerprint density at radius 1 is 1.15 bits per heavy atom. The quantitative estimate of drug-likeness (QED) is 0.657. The predicted molar refractivity (Wildman–Crippen MR) is 42.4 cm³/mol. The van der Waals surface area contributed by atoms with E-state index >= 15 is 0 Å². The maximum Gasteiger partial charge on any atom is 0.418 e. The summed E-state index contributed by atoms with van der Waals surface area (Å²) in [5.74, 6) is 0. The maximum atomic E-state index is 12.4. The molecule has 0 saturated heterocycles. The van der Waals surface area contributed by atoms with Crippen LogP contribution in [0.2, 0.25) is 0 Å². The number of benzene rings is 1. The Labute approximate surface area is 72.3 Å². The van der Waals surface area contributed by atoms with E-state index in [-0.39, 0.29) is 5.69 Å². The van der Waals surface area contributed by atoms with Gasteiger partial charge in [-0.2, -0.15) is 18.3 Å². The van der Waals surface area contributed by atoms with Crippen LogP contribution in [-0.2, 0) is 6.18 Å². The maximum absolute atomic E-state index is 12.4. The first-order chi connectivity index (χ1) is 6.09. The summed E-state index contributed by atoms with van der Waals surface area (Å²) in [6, 6.07) is 5.33. The van der Waals surface area contributed by atoms with Crippen molar-refractivity contribution in [2.75, 3.05) is 5.01 Å². The van der Waals surface area contributed by atoms with Crippen LogP contribution in [0, 0.1) is 0 Å². The van der Waals surface area contributed by atoms with E-state index in [0.29, 0.717) is 0 Å². The Hall–Kier alpha value is -1.52. The number of hydrogen-bond donors (Lipinski definition) is 0. The van der Waals surface area contributed by atoms with E-state index in [1.165, 1.54) is 23.5 Å². The fourth-order valence-corrected chi connectivity index (χ4v) is 1.06. The molecule has 0 aliphatic carbocycles. The van der Waals surface area contributed by atoms with E-state index in [1.807, 2.05) is 0 Å². The van der Waals surface area contributed by atoms with Gasteiger partial charge in [0.2, 0.25) is 0 Å². The normalized spacial score (nSPS) is 14.8. The molecule has 2 rings (SSSR count). The monoisotopic (exact) mass is 186 g/mol. The van der Waals surface area contributed by atoms with Gasteiger partial charge in [-0.05, 0) is 12.1 Å². The molecule has 0 N–H and O–H groups in total. The van der Waals surface area contributed by atoms with E-state index in [4.69, 9.17) is 0 Å². The van der Waals surface area contributed by atoms with Crippen LogP contribution in [0.5, 0.6) is 0 Å². The average molecular weight is 186 g/mol. The Morgan fingerprint density at radius 3 is 2.31 bits per heavy atom. The van der Waals surface area contributed by atoms with Gasteiger partial charge in [0.15, 0.2) is 0 Å². The molecule has 1 aliphatic heterocycles. The van der Waals surface area contributed by atoms with Crippen molar-refractivity contribution in [2.45, 2.75) is 6.18 Å². The Morgan fingerprint density at radius 2 is 1.77 bits per heavy atom. The molecular formula is C8H5F3N2. The molecule has 1 aromatic rings. The SMILES string of the molecule is FC(F)(F)c1ccccc1N1C=N1. The molecule has 0 saturated carbocycles. The summed E-state index contributed by atoms with van der Waals surface area (Å²) in [6.07, 6.45) is -2.98. The van der Waals surface area contributed by atoms with Gasteiger partial charge in [0.05, 0.1) is 11.3 Å². The molecule has 0 aromatic heterocycles. The Bertz CT molecular complexity index is 351. The van der Waals surface area contributed by atoms with Crippen molar-refractivity contribution in [1.29, 1.82) is 0 Å². The highest BCUT2D eigenvalue weighted by Crippen LogP contribution is 2.37. The first-order valence-electron chi connectivity index (χ1n) is 3.58. The van der Waals surface area contributed by atoms with Crippen LogP contribution >= 0.6 is 0 Å². The molecule has 5 heteroatoms. The first kappa shape index (κ1) is 8.10. The van der Waals surface area contributed by atoms with Gasteiger partial charge in [-0.15, -0.1) is 0 Å². The third kappa shape index (κ3) is 1.49. The molecule has 1 aliphatic rings. The highest BCUT2D eigenvalue weighted by atomic mass is 19.4. The summed E-state index contributed by atoms with van der Waals surface area (Å²) in [4.78, 5) is 0. The van der Waals surface area contributed by atoms with Gasteiger partial charge in [-0.1, -0.05) is 12.1 Å². The molecule has 68 valence electrons. The van der Waals surface area contributed by atoms with Gasteiger partial charge in [0.25, 0.3) is 0 Å². The van der Waals surface area contributed by atoms with Crippen molar-refractivity contribution in [3.05, 3.63) is 29.8 Å². The number of para-hydroxylation sites is 1. The molecule has 0 amide bonds. The lowest BCUT2D eigenvalue weighted by Crippen LogP contribution is -2.09. The van der Waals surface area contributed by atoms with Gasteiger partial charge in [-0.25, -0.2) is 5.01 Å². The number of anilines is 1. The summed E-state index contributed by atoms with van der Waals surface area (Å²) in [5, 5.41) is 4.75. The van der Waals surface area contributed by atoms with Gasteiger partial charge in [-0.3, -0.25) is 0 Å². The summed E-state index contributed by atoms with van der Waals surface area (Å²) < 4.78 is 37.1. The van der Waals surface area contributed by atoms with E-state index < -0.39 is 11.7 Å². The smallest absolute Gasteiger partial charge is 0.219 e. The minimum atomic E-state index is -4.32. The van der Waals surface area contributed by atoms with Crippen molar-refractivity contribution in [3.8, 4) is 0 Å². The third-order valence-corrected chi connectivity index (χ3v) is 1.69. The van der Waals surface area contributed by atoms with Crippen molar-refractivity contribution >= 4 is 12.0 Å². The van der Waals surface area contributed by atoms with Crippen molar-refractivity contribution in [3.63, 3.8) is 0 Å². The molecule has 0 fully saturated rings. The van der Waals surface area contributed by atoms with Crippen molar-refractivity contribution in [2.24, 2.45) is 5.10 Å². The highest BCUT2D eigenvalue weighted by molar-refractivity contribution is 5.91. The fraction of sp³-hybridized carbons (Fsp3) is 0.125. The van der Waals surface area contributed by atoms with E-state index in [0.717, 1.165) is 6.07 Å². The summed E-state index contributed by atoms with van der Waals surface area (Å²) in [6.45, 7) is 0. The second-order valence-corrected chi connectivity index (χ2v) is 2.59. The molecule has 1 aromatic carbocycles. The zero-order chi connectivity index (χ0) is 9.47. The number of hydrogen-bond acceptors (Lipinski definition) is 2. The molecular weight excluding hydrogens is 181 g/mol. The summed E-state index contributed by atoms with van der Waals surface area (Å²) in [7, 11) is 0. The zero-order valence-corrected chi connectivity index (χ0v) is 6.42. The standard InChI is InChI=1S/C8H5F3N2/c9-8(10,11)6-3-1-2-4-7(6)13-5-12-13/h1-5H. The minimum Gasteiger partial charge on any atom is -0.219 e. The van der Waals surface area contributed by atoms with Gasteiger partial charge >= 0.3 is 6.18 Å². The first-order valence-corrected chi connectivity index (χ1v) is 3.58. The van der Waals surface area contributed by atoms with E-state index in [1.54, 1.807) is 6.07 Å². The third-order valence-electron chi connectivity index (χ3n) is 1.69. The second-order valence-electron chi connectivity index (χ2n) is 2.59. The fourth-order valence-electron chi connectivity index (χ4n) is 1.06. The number of alkyl halides is 3. The predicted octanol–water partition coefficient (Wildman–Crippen LogP) is 2.47. The van der Waals surface area contributed by atoms with Crippen LogP contribution in [0.3, 0.4) is 0 Å². The van der Waals surface area contributed by atoms with Gasteiger partial charge < -0.3 is 0 Å². The largest absolute Gasteiger partial charge is 0.418 e. The van der Waals surface area contributed by atoms with E-state index in [2.05, 4.69) is 5.10 Å². The zero-order valence-electron chi connectivity index (χ0n) is 6.42. The molecule has 1 heterocycles. The summed E-state index contributed by atoms with van der Waals surface area (Å²) >= 11 is 0. The highest BCUT2D eigenvalue weighted by Gasteiger charge is 2.35. The van der Waals surface area contributed by atoms with Crippen LogP contribution in [0.25, 0.3) is 0 Å². The number of rotatable bonds is 1. The van der Waals surface area contributed by atoms with Crippen LogP contribution < -0.4 is 5.01 Å². The number of halogens is 3. The lowest BCUT2D eigenvalue weighted by Gasteiger charge is -2.11. The Kier molecular flexibility index (Phi) is 1.55. The van der Waals surface area contributed by atoms with Crippen molar-refractivity contribution < 1.29 is 13.2 Å². The molecule has 0 atom stereocenters.